The van der Waals surface area contributed by atoms with Gasteiger partial charge >= 0.3 is 0 Å². The van der Waals surface area contributed by atoms with E-state index in [1.54, 1.807) is 11.1 Å². The highest BCUT2D eigenvalue weighted by Gasteiger charge is 2.28. The predicted molar refractivity (Wildman–Crippen MR) is 108 cm³/mol. The standard InChI is InChI=1S/C23H30N2O2/c26-14-15-27-23-9-4-3-8-21(23)18-24-10-5-11-25(13-12-24)22-16-19-6-1-2-7-20(19)17-22/h1-4,6-9,22,26H,5,10-18H2. The lowest BCUT2D eigenvalue weighted by molar-refractivity contribution is 0.192. The van der Waals surface area contributed by atoms with Crippen molar-refractivity contribution in [2.24, 2.45) is 0 Å². The van der Waals surface area contributed by atoms with Gasteiger partial charge in [-0.3, -0.25) is 9.80 Å². The van der Waals surface area contributed by atoms with Crippen LogP contribution in [0.3, 0.4) is 0 Å². The fraction of sp³-hybridized carbons (Fsp3) is 0.478. The van der Waals surface area contributed by atoms with Crippen LogP contribution in [-0.4, -0.2) is 60.3 Å². The molecule has 2 aromatic rings. The van der Waals surface area contributed by atoms with Gasteiger partial charge in [-0.05, 0) is 49.5 Å². The first-order valence-electron chi connectivity index (χ1n) is 10.2. The molecule has 4 nitrogen and oxygen atoms in total. The summed E-state index contributed by atoms with van der Waals surface area (Å²) in [7, 11) is 0. The van der Waals surface area contributed by atoms with Gasteiger partial charge in [0.25, 0.3) is 0 Å². The molecule has 1 aliphatic heterocycles. The number of benzene rings is 2. The monoisotopic (exact) mass is 366 g/mol. The van der Waals surface area contributed by atoms with Crippen molar-refractivity contribution in [3.63, 3.8) is 0 Å². The molecule has 0 radical (unpaired) electrons. The summed E-state index contributed by atoms with van der Waals surface area (Å²) in [4.78, 5) is 5.25. The Labute approximate surface area is 162 Å². The smallest absolute Gasteiger partial charge is 0.123 e. The number of aliphatic hydroxyl groups excluding tert-OH is 1. The molecule has 0 unspecified atom stereocenters. The van der Waals surface area contributed by atoms with Crippen LogP contribution in [0.15, 0.2) is 48.5 Å². The van der Waals surface area contributed by atoms with Gasteiger partial charge in [0, 0.05) is 31.2 Å². The highest BCUT2D eigenvalue weighted by Crippen LogP contribution is 2.27. The number of hydrogen-bond acceptors (Lipinski definition) is 4. The molecule has 1 N–H and O–H groups in total. The van der Waals surface area contributed by atoms with E-state index in [9.17, 15) is 0 Å². The Balaban J connectivity index is 1.34. The molecule has 2 aromatic carbocycles. The van der Waals surface area contributed by atoms with Gasteiger partial charge in [-0.25, -0.2) is 0 Å². The van der Waals surface area contributed by atoms with E-state index >= 15 is 0 Å². The Morgan fingerprint density at radius 1 is 0.889 bits per heavy atom. The average Bonchev–Trinajstić information content (AvgIpc) is 3.00. The summed E-state index contributed by atoms with van der Waals surface area (Å²) in [6, 6.07) is 17.8. The first-order chi connectivity index (χ1) is 13.3. The molecule has 4 heteroatoms. The van der Waals surface area contributed by atoms with E-state index < -0.39 is 0 Å². The molecule has 0 aromatic heterocycles. The third kappa shape index (κ3) is 4.52. The molecule has 1 saturated heterocycles. The third-order valence-electron chi connectivity index (χ3n) is 5.88. The number of fused-ring (bicyclic) bond motifs is 1. The van der Waals surface area contributed by atoms with Gasteiger partial charge < -0.3 is 9.84 Å². The summed E-state index contributed by atoms with van der Waals surface area (Å²) in [5.41, 5.74) is 4.30. The molecule has 144 valence electrons. The van der Waals surface area contributed by atoms with Gasteiger partial charge in [0.05, 0.1) is 6.61 Å². The van der Waals surface area contributed by atoms with Crippen LogP contribution in [0.1, 0.15) is 23.1 Å². The molecule has 1 heterocycles. The minimum absolute atomic E-state index is 0.0524. The quantitative estimate of drug-likeness (QED) is 0.853. The third-order valence-corrected chi connectivity index (χ3v) is 5.88. The summed E-state index contributed by atoms with van der Waals surface area (Å²) in [6.45, 7) is 5.88. The molecule has 0 spiro atoms. The van der Waals surface area contributed by atoms with Gasteiger partial charge in [-0.15, -0.1) is 0 Å². The van der Waals surface area contributed by atoms with Crippen molar-refractivity contribution in [3.05, 3.63) is 65.2 Å². The van der Waals surface area contributed by atoms with Crippen LogP contribution < -0.4 is 4.74 Å². The molecule has 4 rings (SSSR count). The zero-order valence-corrected chi connectivity index (χ0v) is 16.0. The first kappa shape index (κ1) is 18.5. The molecule has 0 saturated carbocycles. The number of aliphatic hydroxyl groups is 1. The Kier molecular flexibility index (Phi) is 6.07. The highest BCUT2D eigenvalue weighted by atomic mass is 16.5. The van der Waals surface area contributed by atoms with E-state index in [4.69, 9.17) is 9.84 Å². The van der Waals surface area contributed by atoms with Crippen molar-refractivity contribution in [2.45, 2.75) is 31.8 Å². The van der Waals surface area contributed by atoms with Crippen LogP contribution >= 0.6 is 0 Å². The number of para-hydroxylation sites is 1. The van der Waals surface area contributed by atoms with E-state index in [0.29, 0.717) is 12.6 Å². The van der Waals surface area contributed by atoms with Gasteiger partial charge in [0.1, 0.15) is 12.4 Å². The predicted octanol–water partition coefficient (Wildman–Crippen LogP) is 2.73. The SMILES string of the molecule is OCCOc1ccccc1CN1CCCN(C2Cc3ccccc3C2)CC1. The molecule has 27 heavy (non-hydrogen) atoms. The molecular formula is C23H30N2O2. The van der Waals surface area contributed by atoms with Crippen molar-refractivity contribution in [1.82, 2.24) is 9.80 Å². The van der Waals surface area contributed by atoms with E-state index in [0.717, 1.165) is 31.9 Å². The van der Waals surface area contributed by atoms with Gasteiger partial charge in [0.15, 0.2) is 0 Å². The van der Waals surface area contributed by atoms with Crippen LogP contribution in [0.2, 0.25) is 0 Å². The van der Waals surface area contributed by atoms with E-state index in [1.807, 2.05) is 12.1 Å². The molecular weight excluding hydrogens is 336 g/mol. The van der Waals surface area contributed by atoms with Crippen LogP contribution in [0.25, 0.3) is 0 Å². The fourth-order valence-electron chi connectivity index (χ4n) is 4.48. The number of ether oxygens (including phenoxy) is 1. The van der Waals surface area contributed by atoms with Crippen LogP contribution in [0.4, 0.5) is 0 Å². The molecule has 0 atom stereocenters. The largest absolute Gasteiger partial charge is 0.491 e. The van der Waals surface area contributed by atoms with Gasteiger partial charge in [0.2, 0.25) is 0 Å². The minimum atomic E-state index is 0.0524. The maximum Gasteiger partial charge on any atom is 0.123 e. The fourth-order valence-corrected chi connectivity index (χ4v) is 4.48. The molecule has 0 amide bonds. The maximum atomic E-state index is 9.03. The summed E-state index contributed by atoms with van der Waals surface area (Å²) in [5.74, 6) is 0.902. The number of rotatable bonds is 6. The molecule has 1 fully saturated rings. The Hall–Kier alpha value is -1.88. The van der Waals surface area contributed by atoms with Crippen LogP contribution in [-0.2, 0) is 19.4 Å². The minimum Gasteiger partial charge on any atom is -0.491 e. The lowest BCUT2D eigenvalue weighted by atomic mass is 10.1. The topological polar surface area (TPSA) is 35.9 Å². The highest BCUT2D eigenvalue weighted by molar-refractivity contribution is 5.34. The zero-order valence-electron chi connectivity index (χ0n) is 16.0. The van der Waals surface area contributed by atoms with E-state index in [2.05, 4.69) is 46.2 Å². The Morgan fingerprint density at radius 2 is 1.63 bits per heavy atom. The summed E-state index contributed by atoms with van der Waals surface area (Å²) < 4.78 is 5.71. The van der Waals surface area contributed by atoms with Crippen LogP contribution in [0, 0.1) is 0 Å². The Bertz CT molecular complexity index is 724. The van der Waals surface area contributed by atoms with E-state index in [1.165, 1.54) is 31.4 Å². The van der Waals surface area contributed by atoms with Crippen molar-refractivity contribution < 1.29 is 9.84 Å². The Morgan fingerprint density at radius 3 is 2.41 bits per heavy atom. The second-order valence-electron chi connectivity index (χ2n) is 7.68. The second kappa shape index (κ2) is 8.87. The average molecular weight is 367 g/mol. The lowest BCUT2D eigenvalue weighted by Crippen LogP contribution is -2.38. The lowest BCUT2D eigenvalue weighted by Gasteiger charge is -2.27. The summed E-state index contributed by atoms with van der Waals surface area (Å²) >= 11 is 0. The normalized spacial score (nSPS) is 19.0. The molecule has 1 aliphatic carbocycles. The maximum absolute atomic E-state index is 9.03. The molecule has 0 bridgehead atoms. The van der Waals surface area contributed by atoms with E-state index in [-0.39, 0.29) is 6.61 Å². The van der Waals surface area contributed by atoms with Crippen LogP contribution in [0.5, 0.6) is 5.75 Å². The van der Waals surface area contributed by atoms with Crippen molar-refractivity contribution in [2.75, 3.05) is 39.4 Å². The summed E-state index contributed by atoms with van der Waals surface area (Å²) in [6.07, 6.45) is 3.62. The first-order valence-corrected chi connectivity index (χ1v) is 10.2. The van der Waals surface area contributed by atoms with Gasteiger partial charge in [-0.1, -0.05) is 42.5 Å². The van der Waals surface area contributed by atoms with Gasteiger partial charge in [-0.2, -0.15) is 0 Å². The number of nitrogens with zero attached hydrogens (tertiary/aromatic N) is 2. The van der Waals surface area contributed by atoms with Crippen molar-refractivity contribution in [3.8, 4) is 5.75 Å². The number of hydrogen-bond donors (Lipinski definition) is 1. The van der Waals surface area contributed by atoms with Crippen molar-refractivity contribution in [1.29, 1.82) is 0 Å². The zero-order chi connectivity index (χ0) is 18.5. The molecule has 2 aliphatic rings. The van der Waals surface area contributed by atoms with Crippen molar-refractivity contribution >= 4 is 0 Å². The summed E-state index contributed by atoms with van der Waals surface area (Å²) in [5, 5.41) is 9.03. The second-order valence-corrected chi connectivity index (χ2v) is 7.68.